The van der Waals surface area contributed by atoms with Gasteiger partial charge in [0.15, 0.2) is 11.5 Å². The molecule has 1 aromatic carbocycles. The van der Waals surface area contributed by atoms with Gasteiger partial charge in [0.1, 0.15) is 10.9 Å². The van der Waals surface area contributed by atoms with Crippen molar-refractivity contribution in [3.63, 3.8) is 0 Å². The fraction of sp³-hybridized carbons (Fsp3) is 0.417. The van der Waals surface area contributed by atoms with Crippen molar-refractivity contribution in [3.8, 4) is 11.5 Å². The number of carbonyl (C=O) groups is 1. The summed E-state index contributed by atoms with van der Waals surface area (Å²) < 4.78 is 14.8. The van der Waals surface area contributed by atoms with E-state index in [0.29, 0.717) is 17.1 Å². The molecule has 1 rings (SSSR count). The molecule has 0 aliphatic rings. The summed E-state index contributed by atoms with van der Waals surface area (Å²) in [7, 11) is 4.29. The van der Waals surface area contributed by atoms with E-state index in [0.717, 1.165) is 0 Å². The number of hydrogen-bond donors (Lipinski definition) is 1. The van der Waals surface area contributed by atoms with Crippen LogP contribution in [0.4, 0.5) is 0 Å². The highest BCUT2D eigenvalue weighted by Crippen LogP contribution is 2.32. The molecule has 0 amide bonds. The third-order valence-corrected chi connectivity index (χ3v) is 3.33. The average molecular weight is 319 g/mol. The number of carbonyl (C=O) groups excluding carboxylic acids is 1. The molecule has 0 radical (unpaired) electrons. The van der Waals surface area contributed by atoms with Crippen LogP contribution in [-0.4, -0.2) is 37.2 Å². The van der Waals surface area contributed by atoms with E-state index in [1.807, 2.05) is 0 Å². The summed E-state index contributed by atoms with van der Waals surface area (Å²) in [5.74, 6) is 0.494. The number of benzene rings is 1. The van der Waals surface area contributed by atoms with E-state index in [1.54, 1.807) is 18.2 Å². The number of hydrogen-bond acceptors (Lipinski definition) is 5. The summed E-state index contributed by atoms with van der Waals surface area (Å²) in [5, 5.41) is 10.0. The van der Waals surface area contributed by atoms with E-state index >= 15 is 0 Å². The number of methoxy groups -OCH3 is 3. The highest BCUT2D eigenvalue weighted by molar-refractivity contribution is 9.10. The lowest BCUT2D eigenvalue weighted by Gasteiger charge is -2.17. The Labute approximate surface area is 114 Å². The first-order valence-electron chi connectivity index (χ1n) is 5.17. The van der Waals surface area contributed by atoms with Crippen molar-refractivity contribution in [3.05, 3.63) is 23.8 Å². The van der Waals surface area contributed by atoms with Crippen LogP contribution in [0.25, 0.3) is 0 Å². The molecule has 0 fully saturated rings. The Morgan fingerprint density at radius 2 is 1.83 bits per heavy atom. The fourth-order valence-electron chi connectivity index (χ4n) is 1.45. The Hall–Kier alpha value is -1.27. The number of halogens is 1. The molecular formula is C12H15BrO5. The molecule has 100 valence electrons. The van der Waals surface area contributed by atoms with Gasteiger partial charge in [-0.05, 0) is 17.7 Å². The van der Waals surface area contributed by atoms with Crippen molar-refractivity contribution in [1.29, 1.82) is 0 Å². The van der Waals surface area contributed by atoms with E-state index in [9.17, 15) is 9.90 Å². The molecule has 0 unspecified atom stereocenters. The Morgan fingerprint density at radius 3 is 2.33 bits per heavy atom. The molecule has 2 atom stereocenters. The number of rotatable bonds is 5. The van der Waals surface area contributed by atoms with Crippen LogP contribution in [0.5, 0.6) is 11.5 Å². The molecule has 0 aliphatic heterocycles. The summed E-state index contributed by atoms with van der Waals surface area (Å²) >= 11 is 3.09. The first-order valence-corrected chi connectivity index (χ1v) is 6.08. The highest BCUT2D eigenvalue weighted by atomic mass is 79.9. The summed E-state index contributed by atoms with van der Waals surface area (Å²) in [6.07, 6.45) is -1.03. The first-order chi connectivity index (χ1) is 8.54. The number of ether oxygens (including phenoxy) is 3. The molecule has 0 heterocycles. The normalized spacial score (nSPS) is 13.6. The van der Waals surface area contributed by atoms with Crippen LogP contribution in [-0.2, 0) is 9.53 Å². The molecule has 0 saturated carbocycles. The Balaban J connectivity index is 2.99. The minimum atomic E-state index is -1.03. The van der Waals surface area contributed by atoms with Crippen LogP contribution in [0.2, 0.25) is 0 Å². The maximum atomic E-state index is 11.3. The summed E-state index contributed by atoms with van der Waals surface area (Å²) in [6.45, 7) is 0. The van der Waals surface area contributed by atoms with E-state index in [-0.39, 0.29) is 0 Å². The summed E-state index contributed by atoms with van der Waals surface area (Å²) in [6, 6.07) is 4.93. The first kappa shape index (κ1) is 14.8. The van der Waals surface area contributed by atoms with Crippen molar-refractivity contribution in [2.24, 2.45) is 0 Å². The van der Waals surface area contributed by atoms with Gasteiger partial charge in [0.05, 0.1) is 21.3 Å². The predicted octanol–water partition coefficient (Wildman–Crippen LogP) is 1.67. The van der Waals surface area contributed by atoms with Gasteiger partial charge in [0, 0.05) is 0 Å². The average Bonchev–Trinajstić information content (AvgIpc) is 2.43. The lowest BCUT2D eigenvalue weighted by Crippen LogP contribution is -2.23. The summed E-state index contributed by atoms with van der Waals surface area (Å²) in [5.41, 5.74) is 0.528. The molecule has 18 heavy (non-hydrogen) atoms. The van der Waals surface area contributed by atoms with Gasteiger partial charge in [-0.3, -0.25) is 4.79 Å². The standard InChI is InChI=1S/C12H15BrO5/c1-16-8-5-4-7(6-9(8)17-2)11(14)10(13)12(15)18-3/h4-6,10-11,14H,1-3H3/t10-,11+/m1/s1. The van der Waals surface area contributed by atoms with E-state index in [2.05, 4.69) is 20.7 Å². The van der Waals surface area contributed by atoms with Gasteiger partial charge in [-0.1, -0.05) is 22.0 Å². The maximum Gasteiger partial charge on any atom is 0.322 e. The lowest BCUT2D eigenvalue weighted by molar-refractivity contribution is -0.141. The maximum absolute atomic E-state index is 11.3. The summed E-state index contributed by atoms with van der Waals surface area (Å²) in [4.78, 5) is 10.5. The molecule has 0 bridgehead atoms. The van der Waals surface area contributed by atoms with Gasteiger partial charge in [0.2, 0.25) is 0 Å². The van der Waals surface area contributed by atoms with Crippen molar-refractivity contribution in [2.75, 3.05) is 21.3 Å². The molecule has 0 aromatic heterocycles. The van der Waals surface area contributed by atoms with Crippen LogP contribution in [0.1, 0.15) is 11.7 Å². The largest absolute Gasteiger partial charge is 0.493 e. The third kappa shape index (κ3) is 3.14. The highest BCUT2D eigenvalue weighted by Gasteiger charge is 2.26. The Bertz CT molecular complexity index is 421. The second-order valence-corrected chi connectivity index (χ2v) is 4.47. The minimum absolute atomic E-state index is 0.485. The monoisotopic (exact) mass is 318 g/mol. The van der Waals surface area contributed by atoms with Gasteiger partial charge in [-0.2, -0.15) is 0 Å². The third-order valence-electron chi connectivity index (χ3n) is 2.45. The Kier molecular flexibility index (Phi) is 5.43. The van der Waals surface area contributed by atoms with Gasteiger partial charge in [0.25, 0.3) is 0 Å². The van der Waals surface area contributed by atoms with Crippen molar-refractivity contribution in [2.45, 2.75) is 10.9 Å². The second-order valence-electron chi connectivity index (χ2n) is 3.48. The SMILES string of the molecule is COC(=O)[C@H](Br)[C@@H](O)c1ccc(OC)c(OC)c1. The smallest absolute Gasteiger partial charge is 0.322 e. The van der Waals surface area contributed by atoms with E-state index < -0.39 is 16.9 Å². The van der Waals surface area contributed by atoms with E-state index in [1.165, 1.54) is 21.3 Å². The number of esters is 1. The van der Waals surface area contributed by atoms with Gasteiger partial charge in [-0.15, -0.1) is 0 Å². The zero-order valence-electron chi connectivity index (χ0n) is 10.3. The molecule has 6 heteroatoms. The number of aliphatic hydroxyl groups excluding tert-OH is 1. The van der Waals surface area contributed by atoms with E-state index in [4.69, 9.17) is 9.47 Å². The molecule has 0 spiro atoms. The quantitative estimate of drug-likeness (QED) is 0.661. The second kappa shape index (κ2) is 6.61. The van der Waals surface area contributed by atoms with Crippen molar-refractivity contribution < 1.29 is 24.1 Å². The number of alkyl halides is 1. The topological polar surface area (TPSA) is 65.0 Å². The van der Waals surface area contributed by atoms with Crippen molar-refractivity contribution >= 4 is 21.9 Å². The van der Waals surface area contributed by atoms with Crippen LogP contribution in [0, 0.1) is 0 Å². The van der Waals surface area contributed by atoms with Crippen LogP contribution >= 0.6 is 15.9 Å². The van der Waals surface area contributed by atoms with Gasteiger partial charge in [-0.25, -0.2) is 0 Å². The lowest BCUT2D eigenvalue weighted by atomic mass is 10.1. The zero-order valence-corrected chi connectivity index (χ0v) is 11.9. The van der Waals surface area contributed by atoms with Crippen LogP contribution in [0.15, 0.2) is 18.2 Å². The molecule has 0 saturated heterocycles. The minimum Gasteiger partial charge on any atom is -0.493 e. The fourth-order valence-corrected chi connectivity index (χ4v) is 1.94. The molecule has 1 aromatic rings. The molecule has 1 N–H and O–H groups in total. The molecular weight excluding hydrogens is 304 g/mol. The predicted molar refractivity (Wildman–Crippen MR) is 69.2 cm³/mol. The Morgan fingerprint density at radius 1 is 1.22 bits per heavy atom. The van der Waals surface area contributed by atoms with Crippen LogP contribution < -0.4 is 9.47 Å². The van der Waals surface area contributed by atoms with Gasteiger partial charge >= 0.3 is 5.97 Å². The zero-order chi connectivity index (χ0) is 13.7. The van der Waals surface area contributed by atoms with Gasteiger partial charge < -0.3 is 19.3 Å². The van der Waals surface area contributed by atoms with Crippen molar-refractivity contribution in [1.82, 2.24) is 0 Å². The molecule has 0 aliphatic carbocycles. The molecule has 5 nitrogen and oxygen atoms in total. The number of aliphatic hydroxyl groups is 1. The van der Waals surface area contributed by atoms with Crippen LogP contribution in [0.3, 0.4) is 0 Å².